The number of hydrogen-bond donors (Lipinski definition) is 0. The molecule has 2 unspecified atom stereocenters. The van der Waals surface area contributed by atoms with Gasteiger partial charge in [0.2, 0.25) is 0 Å². The molecule has 0 fully saturated rings. The largest absolute Gasteiger partial charge is 0.303 e. The number of aromatic nitrogens is 2. The molecule has 6 heteroatoms. The Morgan fingerprint density at radius 2 is 2.16 bits per heavy atom. The number of carbonyl (C=O) groups excluding carboxylic acids is 2. The molecule has 3 heterocycles. The van der Waals surface area contributed by atoms with Crippen molar-refractivity contribution in [2.75, 3.05) is 0 Å². The van der Waals surface area contributed by atoms with Crippen LogP contribution in [0, 0.1) is 5.41 Å². The number of carbonyl (C=O) groups is 2. The van der Waals surface area contributed by atoms with Crippen LogP contribution in [0.15, 0.2) is 51.4 Å². The summed E-state index contributed by atoms with van der Waals surface area (Å²) in [5.74, 6) is 0.832. The number of hydrogen-bond acceptors (Lipinski definition) is 5. The van der Waals surface area contributed by atoms with Gasteiger partial charge < -0.3 is 4.57 Å². The summed E-state index contributed by atoms with van der Waals surface area (Å²) in [5.41, 5.74) is 4.15. The smallest absolute Gasteiger partial charge is 0.147 e. The third-order valence-corrected chi connectivity index (χ3v) is 6.00. The van der Waals surface area contributed by atoms with E-state index in [1.807, 2.05) is 16.8 Å². The first-order valence-corrected chi connectivity index (χ1v) is 8.54. The summed E-state index contributed by atoms with van der Waals surface area (Å²) in [6, 6.07) is 0. The van der Waals surface area contributed by atoms with E-state index in [4.69, 9.17) is 0 Å². The molecular formula is C19H14N4O2. The summed E-state index contributed by atoms with van der Waals surface area (Å²) < 4.78 is 1.98. The van der Waals surface area contributed by atoms with E-state index >= 15 is 0 Å². The molecule has 0 amide bonds. The highest BCUT2D eigenvalue weighted by atomic mass is 16.1. The van der Waals surface area contributed by atoms with Crippen molar-refractivity contribution in [1.82, 2.24) is 9.55 Å². The van der Waals surface area contributed by atoms with Crippen LogP contribution >= 0.6 is 0 Å². The van der Waals surface area contributed by atoms with Gasteiger partial charge in [-0.3, -0.25) is 9.59 Å². The second kappa shape index (κ2) is 4.20. The first-order chi connectivity index (χ1) is 12.2. The molecule has 122 valence electrons. The van der Waals surface area contributed by atoms with E-state index in [1.54, 1.807) is 12.5 Å². The van der Waals surface area contributed by atoms with Crippen molar-refractivity contribution in [3.8, 4) is 0 Å². The zero-order valence-electron chi connectivity index (χ0n) is 13.4. The van der Waals surface area contributed by atoms with Gasteiger partial charge in [0.25, 0.3) is 0 Å². The lowest BCUT2D eigenvalue weighted by molar-refractivity contribution is -0.123. The molecule has 1 aromatic heterocycles. The first-order valence-electron chi connectivity index (χ1n) is 8.54. The van der Waals surface area contributed by atoms with E-state index < -0.39 is 5.41 Å². The van der Waals surface area contributed by atoms with Gasteiger partial charge in [0.05, 0.1) is 22.7 Å². The van der Waals surface area contributed by atoms with E-state index in [2.05, 4.69) is 21.0 Å². The fourth-order valence-corrected chi connectivity index (χ4v) is 5.15. The SMILES string of the molecule is O=C1CC2=C3C(C(=O)CC2)c2nccn2C2=C4N=CN=C4C=CC32C1. The van der Waals surface area contributed by atoms with Gasteiger partial charge in [-0.2, -0.15) is 0 Å². The molecule has 0 saturated carbocycles. The zero-order valence-corrected chi connectivity index (χ0v) is 13.4. The van der Waals surface area contributed by atoms with Crippen LogP contribution in [0.5, 0.6) is 0 Å². The summed E-state index contributed by atoms with van der Waals surface area (Å²) in [5, 5.41) is 0. The quantitative estimate of drug-likeness (QED) is 0.684. The second-order valence-electron chi connectivity index (χ2n) is 7.23. The number of imidazole rings is 1. The van der Waals surface area contributed by atoms with Gasteiger partial charge in [-0.05, 0) is 18.1 Å². The number of ketones is 2. The zero-order chi connectivity index (χ0) is 16.8. The van der Waals surface area contributed by atoms with Gasteiger partial charge >= 0.3 is 0 Å². The molecule has 5 aliphatic rings. The maximum Gasteiger partial charge on any atom is 0.147 e. The van der Waals surface area contributed by atoms with E-state index in [0.29, 0.717) is 25.7 Å². The highest BCUT2D eigenvalue weighted by molar-refractivity contribution is 6.20. The molecule has 25 heavy (non-hydrogen) atoms. The minimum atomic E-state index is -0.588. The molecule has 1 aromatic rings. The third-order valence-electron chi connectivity index (χ3n) is 6.00. The minimum absolute atomic E-state index is 0.201. The van der Waals surface area contributed by atoms with Crippen LogP contribution in [0.25, 0.3) is 5.70 Å². The fourth-order valence-electron chi connectivity index (χ4n) is 5.15. The molecule has 2 atom stereocenters. The third kappa shape index (κ3) is 1.44. The van der Waals surface area contributed by atoms with Crippen LogP contribution < -0.4 is 0 Å². The number of aliphatic imine (C=N–C) groups is 2. The van der Waals surface area contributed by atoms with Crippen molar-refractivity contribution in [3.63, 3.8) is 0 Å². The van der Waals surface area contributed by atoms with Crippen molar-refractivity contribution in [2.45, 2.75) is 31.6 Å². The van der Waals surface area contributed by atoms with Crippen molar-refractivity contribution in [3.05, 3.63) is 47.2 Å². The molecule has 3 aliphatic carbocycles. The highest BCUT2D eigenvalue weighted by Gasteiger charge is 2.56. The average Bonchev–Trinajstić information content (AvgIpc) is 3.24. The summed E-state index contributed by atoms with van der Waals surface area (Å²) in [6.07, 6.45) is 11.2. The topological polar surface area (TPSA) is 76.7 Å². The molecular weight excluding hydrogens is 316 g/mol. The Labute approximate surface area is 143 Å². The van der Waals surface area contributed by atoms with Gasteiger partial charge in [-0.15, -0.1) is 0 Å². The van der Waals surface area contributed by atoms with Crippen LogP contribution in [0.4, 0.5) is 0 Å². The lowest BCUT2D eigenvalue weighted by Gasteiger charge is -2.49. The lowest BCUT2D eigenvalue weighted by Crippen LogP contribution is -2.46. The Kier molecular flexibility index (Phi) is 2.25. The summed E-state index contributed by atoms with van der Waals surface area (Å²) in [7, 11) is 0. The lowest BCUT2D eigenvalue weighted by atomic mass is 9.56. The second-order valence-corrected chi connectivity index (χ2v) is 7.23. The van der Waals surface area contributed by atoms with Crippen LogP contribution in [-0.2, 0) is 9.59 Å². The molecule has 0 saturated heterocycles. The Bertz CT molecular complexity index is 1050. The Hall–Kier alpha value is -2.89. The van der Waals surface area contributed by atoms with Gasteiger partial charge in [0.1, 0.15) is 29.4 Å². The molecule has 0 radical (unpaired) electrons. The van der Waals surface area contributed by atoms with E-state index in [9.17, 15) is 9.59 Å². The van der Waals surface area contributed by atoms with Gasteiger partial charge in [-0.1, -0.05) is 11.6 Å². The molecule has 2 aliphatic heterocycles. The van der Waals surface area contributed by atoms with Crippen molar-refractivity contribution < 1.29 is 9.59 Å². The van der Waals surface area contributed by atoms with E-state index in [-0.39, 0.29) is 17.5 Å². The van der Waals surface area contributed by atoms with Crippen molar-refractivity contribution in [2.24, 2.45) is 15.4 Å². The van der Waals surface area contributed by atoms with Crippen LogP contribution in [0.1, 0.15) is 37.4 Å². The number of fused-ring (bicyclic) bond motifs is 4. The van der Waals surface area contributed by atoms with Crippen molar-refractivity contribution >= 4 is 29.3 Å². The van der Waals surface area contributed by atoms with Crippen LogP contribution in [0.3, 0.4) is 0 Å². The summed E-state index contributed by atoms with van der Waals surface area (Å²) in [4.78, 5) is 38.8. The number of rotatable bonds is 0. The normalized spacial score (nSPS) is 31.7. The number of allylic oxidation sites excluding steroid dienone is 5. The van der Waals surface area contributed by atoms with Gasteiger partial charge in [0, 0.05) is 31.7 Å². The highest BCUT2D eigenvalue weighted by Crippen LogP contribution is 2.61. The molecule has 0 bridgehead atoms. The maximum absolute atomic E-state index is 12.8. The van der Waals surface area contributed by atoms with E-state index in [0.717, 1.165) is 34.1 Å². The Morgan fingerprint density at radius 3 is 3.08 bits per heavy atom. The Balaban J connectivity index is 1.79. The van der Waals surface area contributed by atoms with Gasteiger partial charge in [-0.25, -0.2) is 15.0 Å². The fraction of sp³-hybridized carbons (Fsp3) is 0.316. The molecule has 0 aromatic carbocycles. The van der Waals surface area contributed by atoms with E-state index in [1.165, 1.54) is 0 Å². The monoisotopic (exact) mass is 330 g/mol. The average molecular weight is 330 g/mol. The maximum atomic E-state index is 12.8. The molecule has 6 nitrogen and oxygen atoms in total. The summed E-state index contributed by atoms with van der Waals surface area (Å²) in [6.45, 7) is 0. The minimum Gasteiger partial charge on any atom is -0.303 e. The predicted molar refractivity (Wildman–Crippen MR) is 91.2 cm³/mol. The predicted octanol–water partition coefficient (Wildman–Crippen LogP) is 2.21. The molecule has 0 N–H and O–H groups in total. The first kappa shape index (κ1) is 13.4. The standard InChI is InChI=1S/C19H14N4O2/c24-11-7-10-1-2-13(25)14-15(10)19(8-11)4-3-12-16(22-9-21-12)17(19)23-6-5-20-18(14)23/h3-6,9,14H,1-2,7-8H2. The van der Waals surface area contributed by atoms with Crippen molar-refractivity contribution in [1.29, 1.82) is 0 Å². The van der Waals surface area contributed by atoms with Crippen LogP contribution in [-0.4, -0.2) is 33.2 Å². The molecule has 1 spiro atoms. The Morgan fingerprint density at radius 1 is 1.24 bits per heavy atom. The number of Topliss-reactive ketones (excluding diaryl/α,β-unsaturated/α-hetero) is 2. The number of nitrogens with zero attached hydrogens (tertiary/aromatic N) is 4. The van der Waals surface area contributed by atoms with Gasteiger partial charge in [0.15, 0.2) is 0 Å². The molecule has 6 rings (SSSR count). The van der Waals surface area contributed by atoms with Crippen LogP contribution in [0.2, 0.25) is 0 Å². The summed E-state index contributed by atoms with van der Waals surface area (Å²) >= 11 is 0.